The maximum Gasteiger partial charge on any atom is 0.259 e. The van der Waals surface area contributed by atoms with Crippen molar-refractivity contribution < 1.29 is 4.79 Å². The number of amides is 1. The highest BCUT2D eigenvalue weighted by Crippen LogP contribution is 2.26. The fraction of sp³-hybridized carbons (Fsp3) is 0. The first-order chi connectivity index (χ1) is 9.65. The molecule has 0 atom stereocenters. The van der Waals surface area contributed by atoms with Crippen LogP contribution in [0.5, 0.6) is 0 Å². The number of hydrogen-bond acceptors (Lipinski definition) is 2. The van der Waals surface area contributed by atoms with Gasteiger partial charge in [0.15, 0.2) is 0 Å². The van der Waals surface area contributed by atoms with Crippen molar-refractivity contribution in [2.45, 2.75) is 0 Å². The van der Waals surface area contributed by atoms with Crippen LogP contribution in [0.15, 0.2) is 53.3 Å². The van der Waals surface area contributed by atoms with Crippen molar-refractivity contribution >= 4 is 44.6 Å². The van der Waals surface area contributed by atoms with Crippen molar-refractivity contribution in [3.8, 4) is 0 Å². The van der Waals surface area contributed by atoms with Crippen LogP contribution in [0.3, 0.4) is 0 Å². The van der Waals surface area contributed by atoms with E-state index in [9.17, 15) is 4.79 Å². The average molecular weight is 351 g/mol. The third-order valence-electron chi connectivity index (χ3n) is 2.85. The van der Waals surface area contributed by atoms with Crippen LogP contribution in [0.1, 0.15) is 10.4 Å². The number of benzene rings is 1. The highest BCUT2D eigenvalue weighted by atomic mass is 79.9. The molecule has 1 N–H and O–H groups in total. The molecule has 1 amide bonds. The van der Waals surface area contributed by atoms with E-state index in [1.54, 1.807) is 35.1 Å². The Morgan fingerprint density at radius 2 is 2.15 bits per heavy atom. The average Bonchev–Trinajstić information content (AvgIpc) is 2.87. The van der Waals surface area contributed by atoms with Crippen LogP contribution in [-0.4, -0.2) is 15.5 Å². The molecule has 0 saturated heterocycles. The van der Waals surface area contributed by atoms with Gasteiger partial charge in [0.25, 0.3) is 5.91 Å². The second-order valence-electron chi connectivity index (χ2n) is 4.17. The van der Waals surface area contributed by atoms with Gasteiger partial charge < -0.3 is 5.32 Å². The fourth-order valence-electron chi connectivity index (χ4n) is 1.88. The Bertz CT molecular complexity index is 800. The molecule has 3 aromatic rings. The molecule has 3 rings (SSSR count). The first kappa shape index (κ1) is 13.1. The molecule has 2 aromatic heterocycles. The lowest BCUT2D eigenvalue weighted by Gasteiger charge is -2.05. The number of pyridine rings is 1. The minimum absolute atomic E-state index is 0.218. The Morgan fingerprint density at radius 1 is 1.30 bits per heavy atom. The van der Waals surface area contributed by atoms with Crippen LogP contribution in [0.25, 0.3) is 5.52 Å². The van der Waals surface area contributed by atoms with Crippen molar-refractivity contribution in [2.75, 3.05) is 5.32 Å². The molecule has 100 valence electrons. The van der Waals surface area contributed by atoms with Gasteiger partial charge >= 0.3 is 0 Å². The summed E-state index contributed by atoms with van der Waals surface area (Å²) in [4.78, 5) is 12.3. The van der Waals surface area contributed by atoms with Crippen LogP contribution < -0.4 is 5.32 Å². The van der Waals surface area contributed by atoms with E-state index >= 15 is 0 Å². The molecule has 0 aliphatic carbocycles. The van der Waals surface area contributed by atoms with E-state index in [2.05, 4.69) is 26.3 Å². The highest BCUT2D eigenvalue weighted by molar-refractivity contribution is 9.10. The number of aromatic nitrogens is 2. The summed E-state index contributed by atoms with van der Waals surface area (Å²) in [6.45, 7) is 0. The van der Waals surface area contributed by atoms with Crippen LogP contribution in [-0.2, 0) is 0 Å². The topological polar surface area (TPSA) is 46.4 Å². The third-order valence-corrected chi connectivity index (χ3v) is 4.08. The first-order valence-electron chi connectivity index (χ1n) is 5.84. The van der Waals surface area contributed by atoms with Gasteiger partial charge in [0.2, 0.25) is 0 Å². The van der Waals surface area contributed by atoms with Crippen molar-refractivity contribution in [2.24, 2.45) is 0 Å². The second kappa shape index (κ2) is 5.26. The van der Waals surface area contributed by atoms with Crippen LogP contribution in [0.2, 0.25) is 5.02 Å². The summed E-state index contributed by atoms with van der Waals surface area (Å²) in [5, 5.41) is 7.49. The van der Waals surface area contributed by atoms with Crippen molar-refractivity contribution in [3.05, 3.63) is 63.9 Å². The van der Waals surface area contributed by atoms with E-state index in [0.717, 1.165) is 9.99 Å². The fourth-order valence-corrected chi connectivity index (χ4v) is 2.31. The summed E-state index contributed by atoms with van der Waals surface area (Å²) in [6.07, 6.45) is 3.34. The minimum Gasteiger partial charge on any atom is -0.322 e. The predicted molar refractivity (Wildman–Crippen MR) is 82.3 cm³/mol. The molecular weight excluding hydrogens is 342 g/mol. The van der Waals surface area contributed by atoms with Crippen LogP contribution in [0.4, 0.5) is 5.69 Å². The molecule has 0 aliphatic heterocycles. The van der Waals surface area contributed by atoms with Crippen molar-refractivity contribution in [3.63, 3.8) is 0 Å². The molecule has 2 heterocycles. The number of nitrogens with zero attached hydrogens (tertiary/aromatic N) is 2. The zero-order valence-corrected chi connectivity index (χ0v) is 12.5. The van der Waals surface area contributed by atoms with Gasteiger partial charge in [0, 0.05) is 16.4 Å². The van der Waals surface area contributed by atoms with Gasteiger partial charge in [-0.3, -0.25) is 4.79 Å². The van der Waals surface area contributed by atoms with Gasteiger partial charge in [-0.05, 0) is 46.3 Å². The first-order valence-corrected chi connectivity index (χ1v) is 7.01. The van der Waals surface area contributed by atoms with E-state index in [-0.39, 0.29) is 5.91 Å². The number of halogens is 2. The molecule has 0 fully saturated rings. The van der Waals surface area contributed by atoms with Crippen molar-refractivity contribution in [1.29, 1.82) is 0 Å². The maximum atomic E-state index is 12.3. The zero-order valence-electron chi connectivity index (χ0n) is 10.2. The molecule has 1 aromatic carbocycles. The molecular formula is C14H9BrClN3O. The van der Waals surface area contributed by atoms with Gasteiger partial charge in [-0.2, -0.15) is 5.10 Å². The summed E-state index contributed by atoms with van der Waals surface area (Å²) in [6, 6.07) is 10.8. The van der Waals surface area contributed by atoms with E-state index in [4.69, 9.17) is 11.6 Å². The largest absolute Gasteiger partial charge is 0.322 e. The maximum absolute atomic E-state index is 12.3. The van der Waals surface area contributed by atoms with E-state index in [1.807, 2.05) is 18.2 Å². The molecule has 0 radical (unpaired) electrons. The van der Waals surface area contributed by atoms with E-state index in [0.29, 0.717) is 16.3 Å². The standard InChI is InChI=1S/C14H9BrClN3O/c15-11-5-4-9(7-12(11)16)18-14(20)10-8-17-19-6-2-1-3-13(10)19/h1-8H,(H,18,20). The van der Waals surface area contributed by atoms with Gasteiger partial charge in [0.05, 0.1) is 22.3 Å². The Kier molecular flexibility index (Phi) is 3.46. The number of hydrogen-bond donors (Lipinski definition) is 1. The molecule has 20 heavy (non-hydrogen) atoms. The molecule has 0 bridgehead atoms. The number of fused-ring (bicyclic) bond motifs is 1. The minimum atomic E-state index is -0.218. The summed E-state index contributed by atoms with van der Waals surface area (Å²) >= 11 is 9.31. The Hall–Kier alpha value is -1.85. The van der Waals surface area contributed by atoms with Crippen LogP contribution >= 0.6 is 27.5 Å². The third kappa shape index (κ3) is 2.42. The van der Waals surface area contributed by atoms with Gasteiger partial charge in [-0.25, -0.2) is 4.52 Å². The van der Waals surface area contributed by atoms with Crippen LogP contribution in [0, 0.1) is 0 Å². The number of anilines is 1. The summed E-state index contributed by atoms with van der Waals surface area (Å²) in [5.74, 6) is -0.218. The Balaban J connectivity index is 1.91. The monoisotopic (exact) mass is 349 g/mol. The normalized spacial score (nSPS) is 10.7. The molecule has 6 heteroatoms. The predicted octanol–water partition coefficient (Wildman–Crippen LogP) is 4.00. The number of carbonyl (C=O) groups is 1. The molecule has 0 saturated carbocycles. The number of carbonyl (C=O) groups excluding carboxylic acids is 1. The van der Waals surface area contributed by atoms with Crippen molar-refractivity contribution in [1.82, 2.24) is 9.61 Å². The second-order valence-corrected chi connectivity index (χ2v) is 5.43. The molecule has 0 spiro atoms. The molecule has 4 nitrogen and oxygen atoms in total. The van der Waals surface area contributed by atoms with Gasteiger partial charge in [0.1, 0.15) is 0 Å². The lowest BCUT2D eigenvalue weighted by atomic mass is 10.2. The smallest absolute Gasteiger partial charge is 0.259 e. The summed E-state index contributed by atoms with van der Waals surface area (Å²) < 4.78 is 2.44. The van der Waals surface area contributed by atoms with Gasteiger partial charge in [-0.1, -0.05) is 17.7 Å². The van der Waals surface area contributed by atoms with E-state index < -0.39 is 0 Å². The molecule has 0 unspecified atom stereocenters. The highest BCUT2D eigenvalue weighted by Gasteiger charge is 2.12. The lowest BCUT2D eigenvalue weighted by Crippen LogP contribution is -2.11. The number of nitrogens with one attached hydrogen (secondary N) is 1. The SMILES string of the molecule is O=C(Nc1ccc(Br)c(Cl)c1)c1cnn2ccccc12. The lowest BCUT2D eigenvalue weighted by molar-refractivity contribution is 0.102. The van der Waals surface area contributed by atoms with E-state index in [1.165, 1.54) is 0 Å². The number of rotatable bonds is 2. The quantitative estimate of drug-likeness (QED) is 0.759. The molecule has 0 aliphatic rings. The summed E-state index contributed by atoms with van der Waals surface area (Å²) in [5.41, 5.74) is 1.91. The Labute approximate surface area is 128 Å². The van der Waals surface area contributed by atoms with Gasteiger partial charge in [-0.15, -0.1) is 0 Å². The Morgan fingerprint density at radius 3 is 2.95 bits per heavy atom. The summed E-state index contributed by atoms with van der Waals surface area (Å²) in [7, 11) is 0. The zero-order chi connectivity index (χ0) is 14.1.